The molecule has 4 nitrogen and oxygen atoms in total. The van der Waals surface area contributed by atoms with Crippen LogP contribution in [-0.4, -0.2) is 42.4 Å². The summed E-state index contributed by atoms with van der Waals surface area (Å²) in [6.45, 7) is 0.431. The molecule has 0 fully saturated rings. The minimum Gasteiger partial charge on any atom is -0.395 e. The zero-order chi connectivity index (χ0) is 19.2. The van der Waals surface area contributed by atoms with Gasteiger partial charge in [0.25, 0.3) is 0 Å². The van der Waals surface area contributed by atoms with E-state index in [1.54, 1.807) is 30.3 Å². The predicted molar refractivity (Wildman–Crippen MR) is 99.1 cm³/mol. The molecule has 2 aromatic rings. The molecule has 1 atom stereocenters. The standard InChI is InChI=1S/C21H25FN2O2/c1-24(2)11-3-10-21(15-26,18-5-7-19(22)8-6-18)20-9-4-16(13-23)12-17(20)14-25/h4-9,12,25-26H,3,10-11,14-15H2,1-2H3. The Morgan fingerprint density at radius 1 is 1.12 bits per heavy atom. The number of nitriles is 1. The van der Waals surface area contributed by atoms with Gasteiger partial charge in [0.05, 0.1) is 24.8 Å². The van der Waals surface area contributed by atoms with Crippen LogP contribution in [0.2, 0.25) is 0 Å². The summed E-state index contributed by atoms with van der Waals surface area (Å²) in [5.41, 5.74) is 1.85. The number of aliphatic hydroxyl groups excluding tert-OH is 2. The SMILES string of the molecule is CN(C)CCCC(CO)(c1ccc(F)cc1)c1ccc(C#N)cc1CO. The van der Waals surface area contributed by atoms with E-state index in [-0.39, 0.29) is 19.0 Å². The summed E-state index contributed by atoms with van der Waals surface area (Å²) in [5, 5.41) is 29.4. The van der Waals surface area contributed by atoms with Gasteiger partial charge in [-0.3, -0.25) is 0 Å². The number of halogens is 1. The average Bonchev–Trinajstić information content (AvgIpc) is 2.65. The molecule has 0 aromatic heterocycles. The number of hydrogen-bond donors (Lipinski definition) is 2. The van der Waals surface area contributed by atoms with Crippen LogP contribution in [-0.2, 0) is 12.0 Å². The molecule has 26 heavy (non-hydrogen) atoms. The van der Waals surface area contributed by atoms with E-state index < -0.39 is 5.41 Å². The minimum atomic E-state index is -0.768. The third-order valence-electron chi connectivity index (χ3n) is 4.80. The maximum Gasteiger partial charge on any atom is 0.123 e. The van der Waals surface area contributed by atoms with Gasteiger partial charge in [-0.25, -0.2) is 4.39 Å². The van der Waals surface area contributed by atoms with Gasteiger partial charge in [0.1, 0.15) is 5.82 Å². The molecule has 5 heteroatoms. The van der Waals surface area contributed by atoms with Gasteiger partial charge in [-0.15, -0.1) is 0 Å². The summed E-state index contributed by atoms with van der Waals surface area (Å²) < 4.78 is 13.4. The highest BCUT2D eigenvalue weighted by atomic mass is 19.1. The van der Waals surface area contributed by atoms with Gasteiger partial charge < -0.3 is 15.1 Å². The lowest BCUT2D eigenvalue weighted by molar-refractivity contribution is 0.200. The Balaban J connectivity index is 2.58. The van der Waals surface area contributed by atoms with Crippen molar-refractivity contribution in [3.8, 4) is 6.07 Å². The van der Waals surface area contributed by atoms with Crippen LogP contribution < -0.4 is 0 Å². The van der Waals surface area contributed by atoms with E-state index in [1.165, 1.54) is 12.1 Å². The maximum absolute atomic E-state index is 13.4. The lowest BCUT2D eigenvalue weighted by Crippen LogP contribution is -2.34. The fourth-order valence-electron chi connectivity index (χ4n) is 3.42. The van der Waals surface area contributed by atoms with Gasteiger partial charge in [-0.05, 0) is 74.4 Å². The average molecular weight is 356 g/mol. The van der Waals surface area contributed by atoms with Gasteiger partial charge in [-0.2, -0.15) is 5.26 Å². The Morgan fingerprint density at radius 3 is 2.35 bits per heavy atom. The van der Waals surface area contributed by atoms with Crippen molar-refractivity contribution in [2.75, 3.05) is 27.2 Å². The second kappa shape index (κ2) is 8.91. The van der Waals surface area contributed by atoms with E-state index in [1.807, 2.05) is 14.1 Å². The number of nitrogens with zero attached hydrogens (tertiary/aromatic N) is 2. The zero-order valence-electron chi connectivity index (χ0n) is 15.2. The molecular formula is C21H25FN2O2. The molecule has 0 aliphatic rings. The lowest BCUT2D eigenvalue weighted by Gasteiger charge is -2.35. The summed E-state index contributed by atoms with van der Waals surface area (Å²) in [7, 11) is 3.97. The van der Waals surface area contributed by atoms with E-state index in [4.69, 9.17) is 5.26 Å². The predicted octanol–water partition coefficient (Wildman–Crippen LogP) is 2.81. The van der Waals surface area contributed by atoms with Gasteiger partial charge in [0, 0.05) is 5.41 Å². The Labute approximate surface area is 154 Å². The minimum absolute atomic E-state index is 0.176. The molecule has 0 amide bonds. The zero-order valence-corrected chi connectivity index (χ0v) is 15.2. The van der Waals surface area contributed by atoms with Gasteiger partial charge in [0.15, 0.2) is 0 Å². The third-order valence-corrected chi connectivity index (χ3v) is 4.80. The molecule has 138 valence electrons. The molecule has 0 spiro atoms. The van der Waals surface area contributed by atoms with Crippen molar-refractivity contribution in [1.82, 2.24) is 4.90 Å². The number of aliphatic hydroxyl groups is 2. The van der Waals surface area contributed by atoms with Crippen molar-refractivity contribution in [3.05, 3.63) is 70.5 Å². The number of hydrogen-bond acceptors (Lipinski definition) is 4. The van der Waals surface area contributed by atoms with E-state index in [9.17, 15) is 14.6 Å². The summed E-state index contributed by atoms with van der Waals surface area (Å²) >= 11 is 0. The van der Waals surface area contributed by atoms with Crippen molar-refractivity contribution in [2.45, 2.75) is 24.9 Å². The summed E-state index contributed by atoms with van der Waals surface area (Å²) in [5.74, 6) is -0.337. The summed E-state index contributed by atoms with van der Waals surface area (Å²) in [6, 6.07) is 13.3. The lowest BCUT2D eigenvalue weighted by atomic mass is 9.70. The first kappa shape index (κ1) is 20.1. The van der Waals surface area contributed by atoms with Crippen LogP contribution in [0.25, 0.3) is 0 Å². The van der Waals surface area contributed by atoms with Crippen molar-refractivity contribution >= 4 is 0 Å². The summed E-state index contributed by atoms with van der Waals surface area (Å²) in [4.78, 5) is 2.07. The normalized spacial score (nSPS) is 13.4. The molecule has 0 saturated heterocycles. The molecule has 0 bridgehead atoms. The van der Waals surface area contributed by atoms with Crippen LogP contribution in [0, 0.1) is 17.1 Å². The van der Waals surface area contributed by atoms with Crippen LogP contribution in [0.15, 0.2) is 42.5 Å². The van der Waals surface area contributed by atoms with Crippen LogP contribution in [0.4, 0.5) is 4.39 Å². The highest BCUT2D eigenvalue weighted by molar-refractivity contribution is 5.47. The Morgan fingerprint density at radius 2 is 1.81 bits per heavy atom. The highest BCUT2D eigenvalue weighted by Crippen LogP contribution is 2.39. The molecule has 0 aliphatic heterocycles. The number of benzene rings is 2. The van der Waals surface area contributed by atoms with Crippen molar-refractivity contribution in [2.24, 2.45) is 0 Å². The fourth-order valence-corrected chi connectivity index (χ4v) is 3.42. The van der Waals surface area contributed by atoms with E-state index in [0.29, 0.717) is 17.5 Å². The van der Waals surface area contributed by atoms with Gasteiger partial charge in [-0.1, -0.05) is 18.2 Å². The molecular weight excluding hydrogens is 331 g/mol. The first-order valence-electron chi connectivity index (χ1n) is 8.63. The second-order valence-corrected chi connectivity index (χ2v) is 6.80. The smallest absolute Gasteiger partial charge is 0.123 e. The molecule has 0 radical (unpaired) electrons. The highest BCUT2D eigenvalue weighted by Gasteiger charge is 2.35. The van der Waals surface area contributed by atoms with E-state index >= 15 is 0 Å². The van der Waals surface area contributed by atoms with Crippen molar-refractivity contribution in [3.63, 3.8) is 0 Å². The Kier molecular flexibility index (Phi) is 6.87. The van der Waals surface area contributed by atoms with Crippen LogP contribution in [0.1, 0.15) is 35.1 Å². The molecule has 0 aliphatic carbocycles. The second-order valence-electron chi connectivity index (χ2n) is 6.80. The first-order chi connectivity index (χ1) is 12.5. The van der Waals surface area contributed by atoms with Gasteiger partial charge in [0.2, 0.25) is 0 Å². The van der Waals surface area contributed by atoms with Crippen molar-refractivity contribution in [1.29, 1.82) is 5.26 Å². The topological polar surface area (TPSA) is 67.5 Å². The molecule has 0 heterocycles. The molecule has 0 saturated carbocycles. The summed E-state index contributed by atoms with van der Waals surface area (Å²) in [6.07, 6.45) is 1.45. The fraction of sp³-hybridized carbons (Fsp3) is 0.381. The monoisotopic (exact) mass is 356 g/mol. The van der Waals surface area contributed by atoms with Gasteiger partial charge >= 0.3 is 0 Å². The number of rotatable bonds is 8. The maximum atomic E-state index is 13.4. The molecule has 1 unspecified atom stereocenters. The largest absolute Gasteiger partial charge is 0.395 e. The molecule has 2 N–H and O–H groups in total. The van der Waals surface area contributed by atoms with Crippen LogP contribution in [0.3, 0.4) is 0 Å². The quantitative estimate of drug-likeness (QED) is 0.763. The first-order valence-corrected chi connectivity index (χ1v) is 8.63. The Bertz CT molecular complexity index is 769. The molecule has 2 aromatic carbocycles. The molecule has 2 rings (SSSR count). The third kappa shape index (κ3) is 4.28. The van der Waals surface area contributed by atoms with E-state index in [0.717, 1.165) is 24.1 Å². The van der Waals surface area contributed by atoms with Crippen LogP contribution in [0.5, 0.6) is 0 Å². The van der Waals surface area contributed by atoms with E-state index in [2.05, 4.69) is 11.0 Å². The Hall–Kier alpha value is -2.26. The van der Waals surface area contributed by atoms with Crippen LogP contribution >= 0.6 is 0 Å². The van der Waals surface area contributed by atoms with Crippen molar-refractivity contribution < 1.29 is 14.6 Å².